The molecule has 1 aromatic carbocycles. The molecule has 188 valence electrons. The molecule has 2 amide bonds. The van der Waals surface area contributed by atoms with Gasteiger partial charge >= 0.3 is 0 Å². The monoisotopic (exact) mass is 477 g/mol. The quantitative estimate of drug-likeness (QED) is 0.468. The Labute approximate surface area is 208 Å². The van der Waals surface area contributed by atoms with E-state index in [1.165, 1.54) is 19.8 Å². The summed E-state index contributed by atoms with van der Waals surface area (Å²) in [4.78, 5) is 38.9. The Balaban J connectivity index is 1.29. The number of amides is 2. The van der Waals surface area contributed by atoms with E-state index >= 15 is 0 Å². The number of anilines is 2. The lowest BCUT2D eigenvalue weighted by Gasteiger charge is -2.60. The van der Waals surface area contributed by atoms with Crippen LogP contribution in [-0.2, 0) is 9.59 Å². The molecule has 6 heteroatoms. The van der Waals surface area contributed by atoms with Crippen molar-refractivity contribution < 1.29 is 14.4 Å². The second-order valence-corrected chi connectivity index (χ2v) is 12.0. The highest BCUT2D eigenvalue weighted by Crippen LogP contribution is 2.66. The maximum atomic E-state index is 13.1. The minimum atomic E-state index is -0.0417. The Morgan fingerprint density at radius 3 is 2.60 bits per heavy atom. The highest BCUT2D eigenvalue weighted by molar-refractivity contribution is 5.98. The number of nitrogens with two attached hydrogens (primary N) is 1. The van der Waals surface area contributed by atoms with Gasteiger partial charge in [0, 0.05) is 30.5 Å². The summed E-state index contributed by atoms with van der Waals surface area (Å²) in [5.41, 5.74) is 7.89. The van der Waals surface area contributed by atoms with Gasteiger partial charge in [-0.05, 0) is 98.8 Å². The van der Waals surface area contributed by atoms with Crippen LogP contribution in [-0.4, -0.2) is 35.6 Å². The minimum absolute atomic E-state index is 0.00675. The number of hydrogen-bond acceptors (Lipinski definition) is 4. The van der Waals surface area contributed by atoms with Crippen LogP contribution in [0.25, 0.3) is 0 Å². The van der Waals surface area contributed by atoms with Gasteiger partial charge in [0.1, 0.15) is 0 Å². The van der Waals surface area contributed by atoms with Gasteiger partial charge in [-0.1, -0.05) is 19.9 Å². The number of nitrogen functional groups attached to an aromatic ring is 1. The Morgan fingerprint density at radius 2 is 1.89 bits per heavy atom. The molecule has 7 atom stereocenters. The minimum Gasteiger partial charge on any atom is -0.397 e. The largest absolute Gasteiger partial charge is 0.397 e. The normalized spacial score (nSPS) is 37.9. The number of fused-ring (bicyclic) bond motifs is 5. The highest BCUT2D eigenvalue weighted by atomic mass is 16.2. The van der Waals surface area contributed by atoms with E-state index in [4.69, 9.17) is 5.73 Å². The predicted octanol–water partition coefficient (Wildman–Crippen LogP) is 5.06. The molecular formula is C29H39N3O3. The topological polar surface area (TPSA) is 92.5 Å². The molecule has 3 fully saturated rings. The lowest BCUT2D eigenvalue weighted by atomic mass is 9.47. The molecule has 6 nitrogen and oxygen atoms in total. The summed E-state index contributed by atoms with van der Waals surface area (Å²) in [6.45, 7) is 6.31. The molecule has 0 aromatic heterocycles. The molecule has 0 unspecified atom stereocenters. The Hall–Kier alpha value is -2.63. The number of likely N-dealkylation sites (N-methyl/N-ethyl adjacent to an activating group) is 1. The summed E-state index contributed by atoms with van der Waals surface area (Å²) in [5, 5.41) is 3.00. The van der Waals surface area contributed by atoms with Crippen molar-refractivity contribution in [2.24, 2.45) is 34.5 Å². The van der Waals surface area contributed by atoms with E-state index < -0.39 is 0 Å². The molecule has 0 radical (unpaired) electrons. The summed E-state index contributed by atoms with van der Waals surface area (Å²) >= 11 is 0. The number of ketones is 1. The predicted molar refractivity (Wildman–Crippen MR) is 138 cm³/mol. The number of Topliss-reactive ketones (excluding diaryl/α,β-unsaturated/α-hetero) is 1. The SMILES string of the molecule is CC(=O)c1ccc(NC(=O)C[C@H]2CC[C@H]3[C@@H]4CC[C@H]5N(C)C(=O)C=C[C@]5(C)[C@H]4CC[C@]23C)c(N)c1. The molecule has 1 heterocycles. The number of carbonyl (C=O) groups is 3. The van der Waals surface area contributed by atoms with Crippen LogP contribution in [0.5, 0.6) is 0 Å². The fraction of sp³-hybridized carbons (Fsp3) is 0.621. The van der Waals surface area contributed by atoms with Crippen LogP contribution in [0.3, 0.4) is 0 Å². The second kappa shape index (κ2) is 8.49. The number of hydrogen-bond donors (Lipinski definition) is 2. The molecule has 3 saturated carbocycles. The first-order valence-electron chi connectivity index (χ1n) is 13.2. The summed E-state index contributed by atoms with van der Waals surface area (Å²) in [5.74, 6) is 2.35. The van der Waals surface area contributed by atoms with E-state index in [1.807, 2.05) is 11.9 Å². The van der Waals surface area contributed by atoms with Crippen LogP contribution in [0, 0.1) is 34.5 Å². The van der Waals surface area contributed by atoms with Gasteiger partial charge in [0.05, 0.1) is 11.4 Å². The van der Waals surface area contributed by atoms with E-state index in [0.29, 0.717) is 53.1 Å². The Bertz CT molecular complexity index is 1100. The fourth-order valence-corrected chi connectivity index (χ4v) is 8.50. The molecule has 0 bridgehead atoms. The van der Waals surface area contributed by atoms with Gasteiger partial charge in [-0.25, -0.2) is 0 Å². The molecule has 4 aliphatic rings. The van der Waals surface area contributed by atoms with Crippen LogP contribution in [0.2, 0.25) is 0 Å². The zero-order valence-corrected chi connectivity index (χ0v) is 21.5. The van der Waals surface area contributed by atoms with Crippen molar-refractivity contribution >= 4 is 29.0 Å². The molecule has 5 rings (SSSR count). The van der Waals surface area contributed by atoms with Crippen LogP contribution in [0.1, 0.15) is 76.1 Å². The number of rotatable bonds is 4. The zero-order valence-electron chi connectivity index (χ0n) is 21.5. The fourth-order valence-electron chi connectivity index (χ4n) is 8.50. The average Bonchev–Trinajstić information content (AvgIpc) is 3.14. The highest BCUT2D eigenvalue weighted by Gasteiger charge is 2.60. The lowest BCUT2D eigenvalue weighted by molar-refractivity contribution is -0.139. The summed E-state index contributed by atoms with van der Waals surface area (Å²) in [7, 11) is 1.96. The Kier molecular flexibility index (Phi) is 5.84. The molecule has 3 N–H and O–H groups in total. The van der Waals surface area contributed by atoms with Gasteiger partial charge < -0.3 is 16.0 Å². The first-order valence-corrected chi connectivity index (χ1v) is 13.2. The number of nitrogens with one attached hydrogen (secondary N) is 1. The first kappa shape index (κ1) is 24.1. The van der Waals surface area contributed by atoms with Crippen LogP contribution in [0.4, 0.5) is 11.4 Å². The summed E-state index contributed by atoms with van der Waals surface area (Å²) < 4.78 is 0. The van der Waals surface area contributed by atoms with Gasteiger partial charge in [-0.3, -0.25) is 14.4 Å². The van der Waals surface area contributed by atoms with E-state index in [1.54, 1.807) is 24.3 Å². The van der Waals surface area contributed by atoms with E-state index in [0.717, 1.165) is 25.7 Å². The van der Waals surface area contributed by atoms with Crippen molar-refractivity contribution in [1.82, 2.24) is 4.90 Å². The van der Waals surface area contributed by atoms with E-state index in [2.05, 4.69) is 25.2 Å². The van der Waals surface area contributed by atoms with Crippen LogP contribution < -0.4 is 11.1 Å². The van der Waals surface area contributed by atoms with E-state index in [-0.39, 0.29) is 28.4 Å². The zero-order chi connectivity index (χ0) is 25.1. The number of benzene rings is 1. The molecule has 35 heavy (non-hydrogen) atoms. The van der Waals surface area contributed by atoms with Gasteiger partial charge in [0.2, 0.25) is 11.8 Å². The number of carbonyl (C=O) groups excluding carboxylic acids is 3. The first-order chi connectivity index (χ1) is 16.5. The van der Waals surface area contributed by atoms with Crippen molar-refractivity contribution in [2.45, 2.75) is 71.8 Å². The van der Waals surface area contributed by atoms with Crippen molar-refractivity contribution in [3.05, 3.63) is 35.9 Å². The molecule has 0 saturated heterocycles. The van der Waals surface area contributed by atoms with Crippen molar-refractivity contribution in [2.75, 3.05) is 18.1 Å². The Morgan fingerprint density at radius 1 is 1.11 bits per heavy atom. The lowest BCUT2D eigenvalue weighted by Crippen LogP contribution is -2.59. The third kappa shape index (κ3) is 3.80. The van der Waals surface area contributed by atoms with Crippen molar-refractivity contribution in [3.8, 4) is 0 Å². The van der Waals surface area contributed by atoms with Crippen LogP contribution >= 0.6 is 0 Å². The second-order valence-electron chi connectivity index (χ2n) is 12.0. The molecular weight excluding hydrogens is 438 g/mol. The number of nitrogens with zero attached hydrogens (tertiary/aromatic N) is 1. The maximum absolute atomic E-state index is 13.1. The van der Waals surface area contributed by atoms with E-state index in [9.17, 15) is 14.4 Å². The van der Waals surface area contributed by atoms with Gasteiger partial charge in [0.15, 0.2) is 5.78 Å². The van der Waals surface area contributed by atoms with Gasteiger partial charge in [-0.15, -0.1) is 0 Å². The third-order valence-corrected chi connectivity index (χ3v) is 10.5. The third-order valence-electron chi connectivity index (χ3n) is 10.5. The molecule has 1 aromatic rings. The van der Waals surface area contributed by atoms with Crippen molar-refractivity contribution in [3.63, 3.8) is 0 Å². The average molecular weight is 478 g/mol. The summed E-state index contributed by atoms with van der Waals surface area (Å²) in [6, 6.07) is 5.37. The molecule has 3 aliphatic carbocycles. The molecule has 1 aliphatic heterocycles. The summed E-state index contributed by atoms with van der Waals surface area (Å²) in [6.07, 6.45) is 11.3. The smallest absolute Gasteiger partial charge is 0.246 e. The standard InChI is InChI=1S/C29H39N3O3/c1-17(33)18-5-9-24(23(30)15-18)31-26(34)16-19-6-8-21-20-7-10-25-29(3,14-12-27(35)32(25)4)22(20)11-13-28(19,21)2/h5,9,12,14-15,19-22,25H,6-8,10-11,13,16,30H2,1-4H3,(H,31,34)/t19-,20+,21+,22+,25-,28-,29-/m1/s1. The van der Waals surface area contributed by atoms with Crippen LogP contribution in [0.15, 0.2) is 30.4 Å². The maximum Gasteiger partial charge on any atom is 0.246 e. The van der Waals surface area contributed by atoms with Crippen molar-refractivity contribution in [1.29, 1.82) is 0 Å². The van der Waals surface area contributed by atoms with Gasteiger partial charge in [-0.2, -0.15) is 0 Å². The van der Waals surface area contributed by atoms with Gasteiger partial charge in [0.25, 0.3) is 0 Å². The molecule has 0 spiro atoms.